The van der Waals surface area contributed by atoms with Gasteiger partial charge < -0.3 is 19.9 Å². The van der Waals surface area contributed by atoms with Crippen LogP contribution in [0.1, 0.15) is 28.4 Å². The number of aromatic hydroxyl groups is 1. The first-order valence-electron chi connectivity index (χ1n) is 10.1. The number of para-hydroxylation sites is 1. The molecule has 0 radical (unpaired) electrons. The number of phenols is 1. The van der Waals surface area contributed by atoms with Crippen LogP contribution in [-0.2, 0) is 4.79 Å². The summed E-state index contributed by atoms with van der Waals surface area (Å²) in [4.78, 5) is 25.6. The molecule has 0 saturated carbocycles. The van der Waals surface area contributed by atoms with E-state index in [1.807, 2.05) is 0 Å². The molecule has 3 N–H and O–H groups in total. The van der Waals surface area contributed by atoms with Crippen LogP contribution >= 0.6 is 0 Å². The summed E-state index contributed by atoms with van der Waals surface area (Å²) in [6, 6.07) is 20.4. The second kappa shape index (κ2) is 9.69. The molecule has 166 valence electrons. The summed E-state index contributed by atoms with van der Waals surface area (Å²) in [6.07, 6.45) is 1.52. The Balaban J connectivity index is 1.60. The van der Waals surface area contributed by atoms with Crippen LogP contribution in [0.5, 0.6) is 17.2 Å². The molecule has 1 aliphatic rings. The Bertz CT molecular complexity index is 1250. The lowest BCUT2D eigenvalue weighted by Crippen LogP contribution is -2.33. The van der Waals surface area contributed by atoms with Crippen molar-refractivity contribution in [3.8, 4) is 17.2 Å². The minimum atomic E-state index is -0.633. The van der Waals surface area contributed by atoms with E-state index >= 15 is 0 Å². The van der Waals surface area contributed by atoms with E-state index in [9.17, 15) is 14.7 Å². The maximum atomic E-state index is 12.9. The fourth-order valence-corrected chi connectivity index (χ4v) is 3.15. The normalized spacial score (nSPS) is 12.9. The predicted octanol–water partition coefficient (Wildman–Crippen LogP) is 3.43. The lowest BCUT2D eigenvalue weighted by molar-refractivity contribution is -0.117. The number of ether oxygens (including phenoxy) is 2. The quantitative estimate of drug-likeness (QED) is 0.307. The van der Waals surface area contributed by atoms with Crippen molar-refractivity contribution >= 4 is 23.6 Å². The number of hydrogen-bond donors (Lipinski definition) is 3. The van der Waals surface area contributed by atoms with Gasteiger partial charge in [0.05, 0.1) is 5.71 Å². The lowest BCUT2D eigenvalue weighted by atomic mass is 10.1. The van der Waals surface area contributed by atoms with Gasteiger partial charge in [-0.05, 0) is 55.0 Å². The summed E-state index contributed by atoms with van der Waals surface area (Å²) >= 11 is 0. The van der Waals surface area contributed by atoms with Crippen LogP contribution in [0.25, 0.3) is 6.08 Å². The molecule has 1 aliphatic heterocycles. The Morgan fingerprint density at radius 1 is 0.970 bits per heavy atom. The minimum absolute atomic E-state index is 0.0171. The van der Waals surface area contributed by atoms with Crippen LogP contribution in [0.4, 0.5) is 0 Å². The molecule has 0 saturated heterocycles. The van der Waals surface area contributed by atoms with Gasteiger partial charge in [-0.1, -0.05) is 36.4 Å². The molecule has 4 rings (SSSR count). The van der Waals surface area contributed by atoms with E-state index in [-0.39, 0.29) is 18.2 Å². The number of rotatable bonds is 6. The third-order valence-corrected chi connectivity index (χ3v) is 4.86. The third kappa shape index (κ3) is 5.19. The number of amides is 2. The number of nitrogens with one attached hydrogen (secondary N) is 2. The summed E-state index contributed by atoms with van der Waals surface area (Å²) < 4.78 is 10.7. The predicted molar refractivity (Wildman–Crippen MR) is 123 cm³/mol. The Morgan fingerprint density at radius 2 is 1.70 bits per heavy atom. The first-order valence-corrected chi connectivity index (χ1v) is 10.1. The Morgan fingerprint density at radius 3 is 2.48 bits per heavy atom. The highest BCUT2D eigenvalue weighted by atomic mass is 16.7. The van der Waals surface area contributed by atoms with Crippen molar-refractivity contribution in [1.82, 2.24) is 10.7 Å². The number of carbonyl (C=O) groups is 2. The van der Waals surface area contributed by atoms with Crippen molar-refractivity contribution in [1.29, 1.82) is 0 Å². The molecule has 0 aliphatic carbocycles. The van der Waals surface area contributed by atoms with E-state index in [2.05, 4.69) is 15.8 Å². The van der Waals surface area contributed by atoms with Crippen molar-refractivity contribution in [2.24, 2.45) is 5.10 Å². The van der Waals surface area contributed by atoms with Crippen molar-refractivity contribution in [2.45, 2.75) is 6.92 Å². The highest BCUT2D eigenvalue weighted by molar-refractivity contribution is 6.06. The monoisotopic (exact) mass is 443 g/mol. The van der Waals surface area contributed by atoms with E-state index < -0.39 is 11.8 Å². The number of fused-ring (bicyclic) bond motifs is 1. The number of hydrogen-bond acceptors (Lipinski definition) is 6. The average molecular weight is 443 g/mol. The molecular formula is C25H21N3O5. The molecule has 0 bridgehead atoms. The zero-order valence-corrected chi connectivity index (χ0v) is 17.7. The number of nitrogens with zero attached hydrogens (tertiary/aromatic N) is 1. The van der Waals surface area contributed by atoms with Gasteiger partial charge in [-0.25, -0.2) is 5.43 Å². The SMILES string of the molecule is C/C(=N\NC(=O)C(=Cc1ccc2c(c1)OCO2)NC(=O)c1ccccc1)c1ccccc1O. The maximum Gasteiger partial charge on any atom is 0.287 e. The molecule has 3 aromatic rings. The fourth-order valence-electron chi connectivity index (χ4n) is 3.15. The number of carbonyl (C=O) groups excluding carboxylic acids is 2. The second-order valence-corrected chi connectivity index (χ2v) is 7.15. The van der Waals surface area contributed by atoms with Crippen molar-refractivity contribution in [2.75, 3.05) is 6.79 Å². The summed E-state index contributed by atoms with van der Waals surface area (Å²) in [6.45, 7) is 1.78. The molecule has 0 atom stereocenters. The first kappa shape index (κ1) is 21.6. The Hall–Kier alpha value is -4.59. The highest BCUT2D eigenvalue weighted by Gasteiger charge is 2.17. The fraction of sp³-hybridized carbons (Fsp3) is 0.0800. The molecule has 0 unspecified atom stereocenters. The molecule has 0 aromatic heterocycles. The van der Waals surface area contributed by atoms with E-state index in [4.69, 9.17) is 9.47 Å². The Kier molecular flexibility index (Phi) is 6.36. The minimum Gasteiger partial charge on any atom is -0.507 e. The van der Waals surface area contributed by atoms with Crippen molar-refractivity contribution in [3.63, 3.8) is 0 Å². The smallest absolute Gasteiger partial charge is 0.287 e. The number of phenolic OH excluding ortho intramolecular Hbond substituents is 1. The zero-order chi connectivity index (χ0) is 23.2. The molecule has 2 amide bonds. The van der Waals surface area contributed by atoms with Crippen LogP contribution in [0.2, 0.25) is 0 Å². The van der Waals surface area contributed by atoms with Crippen LogP contribution in [0, 0.1) is 0 Å². The number of hydrazone groups is 1. The molecule has 33 heavy (non-hydrogen) atoms. The van der Waals surface area contributed by atoms with Gasteiger partial charge in [-0.2, -0.15) is 5.10 Å². The summed E-state index contributed by atoms with van der Waals surface area (Å²) in [5, 5.41) is 16.7. The summed E-state index contributed by atoms with van der Waals surface area (Å²) in [5.41, 5.74) is 4.32. The van der Waals surface area contributed by atoms with Gasteiger partial charge >= 0.3 is 0 Å². The van der Waals surface area contributed by atoms with Gasteiger partial charge in [-0.15, -0.1) is 0 Å². The molecule has 1 heterocycles. The largest absolute Gasteiger partial charge is 0.507 e. The zero-order valence-electron chi connectivity index (χ0n) is 17.7. The summed E-state index contributed by atoms with van der Waals surface area (Å²) in [7, 11) is 0. The van der Waals surface area contributed by atoms with Gasteiger partial charge in [0.2, 0.25) is 6.79 Å². The van der Waals surface area contributed by atoms with Crippen molar-refractivity contribution < 1.29 is 24.2 Å². The van der Waals surface area contributed by atoms with Gasteiger partial charge in [0.25, 0.3) is 11.8 Å². The van der Waals surface area contributed by atoms with E-state index in [1.54, 1.807) is 73.7 Å². The van der Waals surface area contributed by atoms with E-state index in [0.717, 1.165) is 0 Å². The standard InChI is InChI=1S/C25H21N3O5/c1-16(19-9-5-6-10-21(19)29)27-28-25(31)20(26-24(30)18-7-3-2-4-8-18)13-17-11-12-22-23(14-17)33-15-32-22/h2-14,29H,15H2,1H3,(H,26,30)(H,28,31)/b20-13?,27-16+. The lowest BCUT2D eigenvalue weighted by Gasteiger charge is -2.10. The maximum absolute atomic E-state index is 12.9. The van der Waals surface area contributed by atoms with E-state index in [1.165, 1.54) is 12.1 Å². The molecule has 0 spiro atoms. The molecule has 8 heteroatoms. The second-order valence-electron chi connectivity index (χ2n) is 7.15. The van der Waals surface area contributed by atoms with E-state index in [0.29, 0.717) is 33.9 Å². The van der Waals surface area contributed by atoms with Crippen molar-refractivity contribution in [3.05, 3.63) is 95.2 Å². The molecule has 0 fully saturated rings. The number of benzene rings is 3. The van der Waals surface area contributed by atoms with Gasteiger partial charge in [0, 0.05) is 11.1 Å². The van der Waals surface area contributed by atoms with Gasteiger partial charge in [0.1, 0.15) is 11.4 Å². The van der Waals surface area contributed by atoms with Gasteiger partial charge in [-0.3, -0.25) is 9.59 Å². The third-order valence-electron chi connectivity index (χ3n) is 4.86. The topological polar surface area (TPSA) is 109 Å². The van der Waals surface area contributed by atoms with Gasteiger partial charge in [0.15, 0.2) is 11.5 Å². The van der Waals surface area contributed by atoms with Crippen LogP contribution < -0.4 is 20.2 Å². The van der Waals surface area contributed by atoms with Crippen LogP contribution in [0.15, 0.2) is 83.6 Å². The Labute approximate surface area is 190 Å². The first-order chi connectivity index (χ1) is 16.0. The van der Waals surface area contributed by atoms with Crippen LogP contribution in [-0.4, -0.2) is 29.4 Å². The van der Waals surface area contributed by atoms with Crippen LogP contribution in [0.3, 0.4) is 0 Å². The molecular weight excluding hydrogens is 422 g/mol. The molecule has 8 nitrogen and oxygen atoms in total. The molecule has 3 aromatic carbocycles. The average Bonchev–Trinajstić information content (AvgIpc) is 3.30. The highest BCUT2D eigenvalue weighted by Crippen LogP contribution is 2.33. The summed E-state index contributed by atoms with van der Waals surface area (Å²) in [5.74, 6) is 0.119.